The fourth-order valence-electron chi connectivity index (χ4n) is 2.33. The molecule has 1 N–H and O–H groups in total. The van der Waals surface area contributed by atoms with Gasteiger partial charge in [0.1, 0.15) is 11.6 Å². The average molecular weight is 375 g/mol. The van der Waals surface area contributed by atoms with Crippen LogP contribution in [0, 0.1) is 12.7 Å². The number of rotatable bonds is 8. The van der Waals surface area contributed by atoms with Crippen LogP contribution in [0.1, 0.15) is 35.3 Å². The molecule has 2 aromatic rings. The van der Waals surface area contributed by atoms with Gasteiger partial charge in [-0.25, -0.2) is 4.39 Å². The van der Waals surface area contributed by atoms with Crippen LogP contribution in [0.25, 0.3) is 0 Å². The third-order valence-electron chi connectivity index (χ3n) is 3.71. The summed E-state index contributed by atoms with van der Waals surface area (Å²) < 4.78 is 19.1. The summed E-state index contributed by atoms with van der Waals surface area (Å²) in [5.41, 5.74) is 2.46. The highest BCUT2D eigenvalue weighted by molar-refractivity contribution is 7.99. The first kappa shape index (κ1) is 20.0. The largest absolute Gasteiger partial charge is 0.494 e. The predicted octanol–water partition coefficient (Wildman–Crippen LogP) is 4.61. The van der Waals surface area contributed by atoms with Crippen molar-refractivity contribution in [2.75, 3.05) is 17.7 Å². The number of anilines is 1. The Bertz CT molecular complexity index is 808. The Morgan fingerprint density at radius 1 is 1.19 bits per heavy atom. The number of halogens is 1. The number of nitrogens with one attached hydrogen (secondary N) is 1. The zero-order valence-electron chi connectivity index (χ0n) is 15.1. The van der Waals surface area contributed by atoms with E-state index in [2.05, 4.69) is 5.32 Å². The summed E-state index contributed by atoms with van der Waals surface area (Å²) in [6.45, 7) is 5.60. The van der Waals surface area contributed by atoms with E-state index in [-0.39, 0.29) is 23.3 Å². The number of benzene rings is 2. The fraction of sp³-hybridized carbons (Fsp3) is 0.300. The first-order chi connectivity index (χ1) is 12.4. The van der Waals surface area contributed by atoms with Crippen molar-refractivity contribution in [3.8, 4) is 5.75 Å². The standard InChI is InChI=1S/C20H22FNO3S/c1-4-25-19-8-6-15(14(3)23)9-16(19)11-26-12-20(24)22-17-7-5-13(2)18(21)10-17/h5-10H,4,11-12H2,1-3H3,(H,22,24). The van der Waals surface area contributed by atoms with Gasteiger partial charge in [0.15, 0.2) is 5.78 Å². The van der Waals surface area contributed by atoms with Crippen molar-refractivity contribution in [2.24, 2.45) is 0 Å². The molecule has 0 aliphatic heterocycles. The molecule has 0 heterocycles. The van der Waals surface area contributed by atoms with Crippen molar-refractivity contribution in [3.63, 3.8) is 0 Å². The molecule has 6 heteroatoms. The maximum atomic E-state index is 13.5. The lowest BCUT2D eigenvalue weighted by molar-refractivity contribution is -0.113. The molecular weight excluding hydrogens is 353 g/mol. The van der Waals surface area contributed by atoms with Gasteiger partial charge >= 0.3 is 0 Å². The van der Waals surface area contributed by atoms with Gasteiger partial charge in [-0.15, -0.1) is 11.8 Å². The lowest BCUT2D eigenvalue weighted by Gasteiger charge is -2.11. The molecule has 0 aliphatic carbocycles. The van der Waals surface area contributed by atoms with E-state index in [0.717, 1.165) is 5.56 Å². The molecule has 0 saturated carbocycles. The summed E-state index contributed by atoms with van der Waals surface area (Å²) in [7, 11) is 0. The molecule has 138 valence electrons. The molecule has 0 saturated heterocycles. The molecule has 26 heavy (non-hydrogen) atoms. The Morgan fingerprint density at radius 2 is 1.96 bits per heavy atom. The van der Waals surface area contributed by atoms with Gasteiger partial charge in [-0.1, -0.05) is 6.07 Å². The quantitative estimate of drug-likeness (QED) is 0.685. The third kappa shape index (κ3) is 5.59. The third-order valence-corrected chi connectivity index (χ3v) is 4.69. The maximum Gasteiger partial charge on any atom is 0.234 e. The second kappa shape index (κ2) is 9.38. The van der Waals surface area contributed by atoms with Gasteiger partial charge in [-0.2, -0.15) is 0 Å². The molecule has 0 bridgehead atoms. The summed E-state index contributed by atoms with van der Waals surface area (Å²) >= 11 is 1.40. The molecule has 4 nitrogen and oxygen atoms in total. The summed E-state index contributed by atoms with van der Waals surface area (Å²) in [6, 6.07) is 9.92. The molecule has 1 amide bonds. The number of ether oxygens (including phenoxy) is 1. The summed E-state index contributed by atoms with van der Waals surface area (Å²) in [6.07, 6.45) is 0. The first-order valence-corrected chi connectivity index (χ1v) is 9.46. The van der Waals surface area contributed by atoms with Gasteiger partial charge < -0.3 is 10.1 Å². The van der Waals surface area contributed by atoms with Crippen molar-refractivity contribution in [3.05, 3.63) is 58.9 Å². The molecule has 0 unspecified atom stereocenters. The number of ketones is 1. The Balaban J connectivity index is 1.95. The van der Waals surface area contributed by atoms with E-state index in [4.69, 9.17) is 4.74 Å². The Morgan fingerprint density at radius 3 is 2.62 bits per heavy atom. The number of hydrogen-bond acceptors (Lipinski definition) is 4. The lowest BCUT2D eigenvalue weighted by atomic mass is 10.1. The Labute approximate surface area is 157 Å². The van der Waals surface area contributed by atoms with E-state index in [1.165, 1.54) is 24.8 Å². The van der Waals surface area contributed by atoms with Crippen molar-refractivity contribution in [1.82, 2.24) is 0 Å². The first-order valence-electron chi connectivity index (χ1n) is 8.31. The minimum Gasteiger partial charge on any atom is -0.494 e. The van der Waals surface area contributed by atoms with Crippen LogP contribution < -0.4 is 10.1 Å². The predicted molar refractivity (Wildman–Crippen MR) is 104 cm³/mol. The van der Waals surface area contributed by atoms with Crippen molar-refractivity contribution < 1.29 is 18.7 Å². The molecule has 2 aromatic carbocycles. The highest BCUT2D eigenvalue weighted by Gasteiger charge is 2.10. The maximum absolute atomic E-state index is 13.5. The van der Waals surface area contributed by atoms with E-state index in [0.29, 0.717) is 34.9 Å². The van der Waals surface area contributed by atoms with E-state index >= 15 is 0 Å². The van der Waals surface area contributed by atoms with E-state index < -0.39 is 0 Å². The molecule has 0 spiro atoms. The van der Waals surface area contributed by atoms with Gasteiger partial charge in [-0.3, -0.25) is 9.59 Å². The van der Waals surface area contributed by atoms with Crippen LogP contribution in [-0.2, 0) is 10.5 Å². The highest BCUT2D eigenvalue weighted by atomic mass is 32.2. The van der Waals surface area contributed by atoms with Crippen molar-refractivity contribution >= 4 is 29.1 Å². The van der Waals surface area contributed by atoms with Gasteiger partial charge in [0.05, 0.1) is 12.4 Å². The summed E-state index contributed by atoms with van der Waals surface area (Å²) in [4.78, 5) is 23.6. The zero-order valence-corrected chi connectivity index (χ0v) is 15.9. The molecule has 0 radical (unpaired) electrons. The second-order valence-corrected chi connectivity index (χ2v) is 6.80. The van der Waals surface area contributed by atoms with E-state index in [9.17, 15) is 14.0 Å². The normalized spacial score (nSPS) is 10.5. The van der Waals surface area contributed by atoms with Crippen LogP contribution in [0.3, 0.4) is 0 Å². The molecular formula is C20H22FNO3S. The topological polar surface area (TPSA) is 55.4 Å². The van der Waals surface area contributed by atoms with Gasteiger partial charge in [0.25, 0.3) is 0 Å². The van der Waals surface area contributed by atoms with Crippen LogP contribution in [-0.4, -0.2) is 24.1 Å². The average Bonchev–Trinajstić information content (AvgIpc) is 2.59. The Hall–Kier alpha value is -2.34. The van der Waals surface area contributed by atoms with Crippen LogP contribution in [0.5, 0.6) is 5.75 Å². The monoisotopic (exact) mass is 375 g/mol. The summed E-state index contributed by atoms with van der Waals surface area (Å²) in [5.74, 6) is 0.888. The molecule has 0 aromatic heterocycles. The van der Waals surface area contributed by atoms with Gasteiger partial charge in [0, 0.05) is 22.6 Å². The van der Waals surface area contributed by atoms with Crippen LogP contribution >= 0.6 is 11.8 Å². The number of carbonyl (C=O) groups excluding carboxylic acids is 2. The second-order valence-electron chi connectivity index (χ2n) is 5.82. The number of Topliss-reactive ketones (excluding diaryl/α,β-unsaturated/α-hetero) is 1. The number of aryl methyl sites for hydroxylation is 1. The van der Waals surface area contributed by atoms with Gasteiger partial charge in [0.2, 0.25) is 5.91 Å². The van der Waals surface area contributed by atoms with Crippen molar-refractivity contribution in [2.45, 2.75) is 26.5 Å². The fourth-order valence-corrected chi connectivity index (χ4v) is 3.13. The minimum absolute atomic E-state index is 0.0153. The zero-order chi connectivity index (χ0) is 19.1. The van der Waals surface area contributed by atoms with Crippen molar-refractivity contribution in [1.29, 1.82) is 0 Å². The van der Waals surface area contributed by atoms with Gasteiger partial charge in [-0.05, 0) is 56.7 Å². The molecule has 0 fully saturated rings. The highest BCUT2D eigenvalue weighted by Crippen LogP contribution is 2.25. The number of thioether (sulfide) groups is 1. The number of hydrogen-bond donors (Lipinski definition) is 1. The van der Waals surface area contributed by atoms with E-state index in [1.807, 2.05) is 6.92 Å². The van der Waals surface area contributed by atoms with Crippen LogP contribution in [0.2, 0.25) is 0 Å². The number of carbonyl (C=O) groups is 2. The summed E-state index contributed by atoms with van der Waals surface area (Å²) in [5, 5.41) is 2.68. The molecule has 2 rings (SSSR count). The van der Waals surface area contributed by atoms with E-state index in [1.54, 1.807) is 37.3 Å². The van der Waals surface area contributed by atoms with Crippen LogP contribution in [0.4, 0.5) is 10.1 Å². The molecule has 0 atom stereocenters. The van der Waals surface area contributed by atoms with Crippen LogP contribution in [0.15, 0.2) is 36.4 Å². The smallest absolute Gasteiger partial charge is 0.234 e. The molecule has 0 aliphatic rings. The Kier molecular flexibility index (Phi) is 7.21. The minimum atomic E-state index is -0.349. The number of amides is 1. The SMILES string of the molecule is CCOc1ccc(C(C)=O)cc1CSCC(=O)Nc1ccc(C)c(F)c1. The lowest BCUT2D eigenvalue weighted by Crippen LogP contribution is -2.14.